The molecule has 0 aliphatic carbocycles. The zero-order chi connectivity index (χ0) is 25.7. The second-order valence-corrected chi connectivity index (χ2v) is 10.5. The number of nitrogens with one attached hydrogen (secondary N) is 1. The highest BCUT2D eigenvalue weighted by Gasteiger charge is 2.37. The lowest BCUT2D eigenvalue weighted by Gasteiger charge is -2.40. The maximum atomic E-state index is 15.0. The molecule has 6 nitrogen and oxygen atoms in total. The molecule has 0 radical (unpaired) electrons. The molecule has 0 aromatic heterocycles. The van der Waals surface area contributed by atoms with Crippen molar-refractivity contribution >= 4 is 51.8 Å². The van der Waals surface area contributed by atoms with Crippen molar-refractivity contribution in [3.05, 3.63) is 69.4 Å². The SMILES string of the molecule is CC1=CC(C)(C)N(C)c2cc(F)c(/C=C3/SC(=O)N(CC(=O)Nc4ccc(C)c(C)c4)C3=O)cc21. The van der Waals surface area contributed by atoms with E-state index in [0.717, 1.165) is 32.9 Å². The third-order valence-electron chi connectivity index (χ3n) is 6.59. The summed E-state index contributed by atoms with van der Waals surface area (Å²) in [4.78, 5) is 40.9. The number of carbonyl (C=O) groups excluding carboxylic acids is 3. The molecular weight excluding hydrogens is 465 g/mol. The second kappa shape index (κ2) is 9.00. The van der Waals surface area contributed by atoms with E-state index >= 15 is 4.39 Å². The number of anilines is 2. The van der Waals surface area contributed by atoms with Crippen LogP contribution in [0, 0.1) is 19.7 Å². The Labute approximate surface area is 208 Å². The first-order valence-electron chi connectivity index (χ1n) is 11.3. The summed E-state index contributed by atoms with van der Waals surface area (Å²) >= 11 is 0.703. The fourth-order valence-corrected chi connectivity index (χ4v) is 5.07. The summed E-state index contributed by atoms with van der Waals surface area (Å²) in [6, 6.07) is 8.64. The van der Waals surface area contributed by atoms with E-state index in [2.05, 4.69) is 25.2 Å². The van der Waals surface area contributed by atoms with Gasteiger partial charge >= 0.3 is 0 Å². The highest BCUT2D eigenvalue weighted by molar-refractivity contribution is 8.18. The first-order valence-corrected chi connectivity index (χ1v) is 12.1. The monoisotopic (exact) mass is 493 g/mol. The molecule has 0 bridgehead atoms. The number of rotatable bonds is 4. The Kier molecular flexibility index (Phi) is 6.36. The molecule has 35 heavy (non-hydrogen) atoms. The Morgan fingerprint density at radius 2 is 1.83 bits per heavy atom. The summed E-state index contributed by atoms with van der Waals surface area (Å²) in [5, 5.41) is 2.15. The van der Waals surface area contributed by atoms with Crippen LogP contribution in [0.15, 0.2) is 41.3 Å². The van der Waals surface area contributed by atoms with Gasteiger partial charge < -0.3 is 10.2 Å². The number of halogens is 1. The molecule has 3 amide bonds. The Bertz CT molecular complexity index is 1330. The van der Waals surface area contributed by atoms with E-state index in [0.29, 0.717) is 17.4 Å². The van der Waals surface area contributed by atoms with E-state index in [9.17, 15) is 14.4 Å². The number of amides is 3. The number of imide groups is 1. The topological polar surface area (TPSA) is 69.7 Å². The molecule has 0 atom stereocenters. The quantitative estimate of drug-likeness (QED) is 0.550. The van der Waals surface area contributed by atoms with E-state index < -0.39 is 29.4 Å². The molecule has 1 N–H and O–H groups in total. The van der Waals surface area contributed by atoms with Gasteiger partial charge in [-0.15, -0.1) is 0 Å². The Morgan fingerprint density at radius 1 is 1.11 bits per heavy atom. The van der Waals surface area contributed by atoms with E-state index in [4.69, 9.17) is 0 Å². The van der Waals surface area contributed by atoms with Crippen LogP contribution in [0.3, 0.4) is 0 Å². The van der Waals surface area contributed by atoms with Crippen molar-refractivity contribution in [1.29, 1.82) is 0 Å². The van der Waals surface area contributed by atoms with Crippen LogP contribution in [0.4, 0.5) is 20.6 Å². The maximum Gasteiger partial charge on any atom is 0.294 e. The van der Waals surface area contributed by atoms with Gasteiger partial charge in [-0.3, -0.25) is 19.3 Å². The van der Waals surface area contributed by atoms with E-state index in [1.807, 2.05) is 44.9 Å². The number of nitrogens with zero attached hydrogens (tertiary/aromatic N) is 2. The van der Waals surface area contributed by atoms with Gasteiger partial charge in [-0.05, 0) is 93.4 Å². The number of aryl methyl sites for hydroxylation is 2. The predicted octanol–water partition coefficient (Wildman–Crippen LogP) is 5.75. The minimum absolute atomic E-state index is 0.0824. The average molecular weight is 494 g/mol. The van der Waals surface area contributed by atoms with Gasteiger partial charge in [0, 0.05) is 29.5 Å². The number of hydrogen-bond acceptors (Lipinski definition) is 5. The van der Waals surface area contributed by atoms with E-state index in [-0.39, 0.29) is 16.0 Å². The number of allylic oxidation sites excluding steroid dienone is 1. The minimum Gasteiger partial charge on any atom is -0.365 e. The Balaban J connectivity index is 1.55. The number of likely N-dealkylation sites (N-methyl/N-ethyl adjacent to an activating group) is 1. The summed E-state index contributed by atoms with van der Waals surface area (Å²) in [5.41, 5.74) is 5.30. The summed E-state index contributed by atoms with van der Waals surface area (Å²) in [6.07, 6.45) is 3.49. The van der Waals surface area contributed by atoms with E-state index in [1.54, 1.807) is 12.1 Å². The number of carbonyl (C=O) groups is 3. The zero-order valence-corrected chi connectivity index (χ0v) is 21.5. The molecule has 2 aromatic rings. The average Bonchev–Trinajstić information content (AvgIpc) is 3.03. The molecule has 2 aromatic carbocycles. The van der Waals surface area contributed by atoms with Crippen molar-refractivity contribution in [2.75, 3.05) is 23.8 Å². The lowest BCUT2D eigenvalue weighted by Crippen LogP contribution is -2.42. The van der Waals surface area contributed by atoms with Crippen LogP contribution < -0.4 is 10.2 Å². The van der Waals surface area contributed by atoms with Crippen molar-refractivity contribution in [3.8, 4) is 0 Å². The van der Waals surface area contributed by atoms with Gasteiger partial charge in [-0.1, -0.05) is 12.1 Å². The van der Waals surface area contributed by atoms with Gasteiger partial charge in [0.05, 0.1) is 10.4 Å². The molecule has 0 saturated carbocycles. The molecule has 0 unspecified atom stereocenters. The molecule has 182 valence electrons. The maximum absolute atomic E-state index is 15.0. The van der Waals surface area contributed by atoms with Crippen molar-refractivity contribution in [2.24, 2.45) is 0 Å². The molecule has 2 heterocycles. The zero-order valence-electron chi connectivity index (χ0n) is 20.7. The molecule has 4 rings (SSSR count). The summed E-state index contributed by atoms with van der Waals surface area (Å²) in [5.74, 6) is -1.58. The lowest BCUT2D eigenvalue weighted by molar-refractivity contribution is -0.127. The normalized spacial score (nSPS) is 18.1. The lowest BCUT2D eigenvalue weighted by atomic mass is 9.88. The van der Waals surface area contributed by atoms with Gasteiger partial charge in [-0.25, -0.2) is 4.39 Å². The second-order valence-electron chi connectivity index (χ2n) is 9.55. The van der Waals surface area contributed by atoms with Crippen LogP contribution >= 0.6 is 11.8 Å². The van der Waals surface area contributed by atoms with Crippen LogP contribution in [0.5, 0.6) is 0 Å². The molecule has 8 heteroatoms. The molecule has 2 aliphatic heterocycles. The van der Waals surface area contributed by atoms with Crippen molar-refractivity contribution in [3.63, 3.8) is 0 Å². The minimum atomic E-state index is -0.613. The summed E-state index contributed by atoms with van der Waals surface area (Å²) in [7, 11) is 1.91. The highest BCUT2D eigenvalue weighted by Crippen LogP contribution is 2.40. The fourth-order valence-electron chi connectivity index (χ4n) is 4.24. The first-order chi connectivity index (χ1) is 16.4. The van der Waals surface area contributed by atoms with Gasteiger partial charge in [-0.2, -0.15) is 0 Å². The van der Waals surface area contributed by atoms with Gasteiger partial charge in [0.1, 0.15) is 12.4 Å². The summed E-state index contributed by atoms with van der Waals surface area (Å²) in [6.45, 7) is 9.56. The molecule has 1 saturated heterocycles. The fraction of sp³-hybridized carbons (Fsp3) is 0.296. The standard InChI is InChI=1S/C27H28FN3O3S/c1-15-7-8-19(9-16(15)2)29-24(32)14-31-25(33)23(35-26(31)34)11-18-10-20-17(3)13-27(4,5)30(6)22(20)12-21(18)28/h7-13H,14H2,1-6H3,(H,29,32)/b23-11+. The third kappa shape index (κ3) is 4.75. The van der Waals surface area contributed by atoms with Crippen LogP contribution in [0.25, 0.3) is 11.6 Å². The number of fused-ring (bicyclic) bond motifs is 1. The Hall–Kier alpha value is -3.39. The largest absolute Gasteiger partial charge is 0.365 e. The van der Waals surface area contributed by atoms with Gasteiger partial charge in [0.25, 0.3) is 11.1 Å². The Morgan fingerprint density at radius 3 is 2.51 bits per heavy atom. The number of thioether (sulfide) groups is 1. The van der Waals surface area contributed by atoms with Gasteiger partial charge in [0.2, 0.25) is 5.91 Å². The number of benzene rings is 2. The van der Waals surface area contributed by atoms with Crippen LogP contribution in [-0.4, -0.2) is 41.1 Å². The van der Waals surface area contributed by atoms with Crippen molar-refractivity contribution < 1.29 is 18.8 Å². The molecule has 0 spiro atoms. The van der Waals surface area contributed by atoms with Crippen LogP contribution in [-0.2, 0) is 9.59 Å². The number of hydrogen-bond donors (Lipinski definition) is 1. The van der Waals surface area contributed by atoms with E-state index in [1.165, 1.54) is 12.1 Å². The highest BCUT2D eigenvalue weighted by atomic mass is 32.2. The van der Waals surface area contributed by atoms with Crippen molar-refractivity contribution in [1.82, 2.24) is 4.90 Å². The molecule has 1 fully saturated rings. The third-order valence-corrected chi connectivity index (χ3v) is 7.50. The summed E-state index contributed by atoms with van der Waals surface area (Å²) < 4.78 is 15.0. The van der Waals surface area contributed by atoms with Crippen LogP contribution in [0.1, 0.15) is 43.0 Å². The predicted molar refractivity (Wildman–Crippen MR) is 140 cm³/mol. The smallest absolute Gasteiger partial charge is 0.294 e. The first kappa shape index (κ1) is 24.7. The molecular formula is C27H28FN3O3S. The van der Waals surface area contributed by atoms with Crippen LogP contribution in [0.2, 0.25) is 0 Å². The van der Waals surface area contributed by atoms with Crippen molar-refractivity contribution in [2.45, 2.75) is 40.2 Å². The molecule has 2 aliphatic rings. The van der Waals surface area contributed by atoms with Gasteiger partial charge in [0.15, 0.2) is 0 Å².